The average molecular weight is 538 g/mol. The first-order valence-corrected chi connectivity index (χ1v) is 12.8. The summed E-state index contributed by atoms with van der Waals surface area (Å²) in [4.78, 5) is 39.9. The Labute approximate surface area is 219 Å². The molecule has 1 N–H and O–H groups in total. The van der Waals surface area contributed by atoms with Gasteiger partial charge in [-0.1, -0.05) is 30.1 Å². The highest BCUT2D eigenvalue weighted by atomic mass is 35.5. The van der Waals surface area contributed by atoms with E-state index < -0.39 is 23.0 Å². The van der Waals surface area contributed by atoms with Crippen molar-refractivity contribution in [2.24, 2.45) is 10.8 Å². The molecule has 1 amide bonds. The second-order valence-corrected chi connectivity index (χ2v) is 11.6. The number of carbonyl (C=O) groups is 3. The Kier molecular flexibility index (Phi) is 7.23. The number of carbonyl (C=O) groups excluding carboxylic acids is 2. The Morgan fingerprint density at radius 2 is 1.72 bits per heavy atom. The van der Waals surface area contributed by atoms with Crippen LogP contribution in [0.4, 0.5) is 4.39 Å². The molecular formula is C26H30Cl2FN3O4. The fraction of sp³-hybridized carbons (Fsp3) is 0.538. The molecule has 0 spiro atoms. The Bertz CT molecular complexity index is 1190. The lowest BCUT2D eigenvalue weighted by atomic mass is 9.74. The fourth-order valence-electron chi connectivity index (χ4n) is 4.96. The molecular weight excluding hydrogens is 508 g/mol. The maximum absolute atomic E-state index is 13.7. The lowest BCUT2D eigenvalue weighted by Crippen LogP contribution is -2.39. The van der Waals surface area contributed by atoms with Gasteiger partial charge in [0.15, 0.2) is 5.78 Å². The summed E-state index contributed by atoms with van der Waals surface area (Å²) in [6, 6.07) is 2.07. The van der Waals surface area contributed by atoms with Gasteiger partial charge >= 0.3 is 5.97 Å². The van der Waals surface area contributed by atoms with E-state index in [1.807, 2.05) is 6.92 Å². The molecule has 0 atom stereocenters. The summed E-state index contributed by atoms with van der Waals surface area (Å²) in [5, 5.41) is 13.8. The number of nitrogens with zero attached hydrogens (tertiary/aromatic N) is 3. The monoisotopic (exact) mass is 537 g/mol. The predicted molar refractivity (Wildman–Crippen MR) is 134 cm³/mol. The van der Waals surface area contributed by atoms with Gasteiger partial charge in [-0.25, -0.2) is 4.39 Å². The molecule has 0 aliphatic heterocycles. The highest BCUT2D eigenvalue weighted by Crippen LogP contribution is 2.46. The second kappa shape index (κ2) is 9.78. The van der Waals surface area contributed by atoms with Crippen LogP contribution >= 0.6 is 23.2 Å². The third-order valence-electron chi connectivity index (χ3n) is 7.78. The highest BCUT2D eigenvalue weighted by Gasteiger charge is 2.42. The van der Waals surface area contributed by atoms with E-state index in [-0.39, 0.29) is 39.5 Å². The minimum Gasteiger partial charge on any atom is -0.481 e. The molecule has 0 bridgehead atoms. The molecule has 36 heavy (non-hydrogen) atoms. The van der Waals surface area contributed by atoms with Gasteiger partial charge in [-0.3, -0.25) is 19.1 Å². The number of aromatic nitrogens is 2. The SMILES string of the molecule is Cc1c(C(=O)N(CC(=O)c2c(Cl)cc(F)cc2Cl)CC2(C)CC2)cnn1C1CCC(C)(C(=O)O)CC1. The molecule has 1 aromatic carbocycles. The Morgan fingerprint density at radius 1 is 1.14 bits per heavy atom. The van der Waals surface area contributed by atoms with Crippen LogP contribution in [0.3, 0.4) is 0 Å². The van der Waals surface area contributed by atoms with Crippen molar-refractivity contribution < 1.29 is 23.9 Å². The third-order valence-corrected chi connectivity index (χ3v) is 8.38. The van der Waals surface area contributed by atoms with Crippen molar-refractivity contribution >= 4 is 40.9 Å². The van der Waals surface area contributed by atoms with Gasteiger partial charge in [-0.2, -0.15) is 5.10 Å². The van der Waals surface area contributed by atoms with E-state index in [9.17, 15) is 23.9 Å². The molecule has 10 heteroatoms. The van der Waals surface area contributed by atoms with Gasteiger partial charge in [0.1, 0.15) is 5.82 Å². The summed E-state index contributed by atoms with van der Waals surface area (Å²) in [6.45, 7) is 5.79. The number of hydrogen-bond donors (Lipinski definition) is 1. The number of ketones is 1. The molecule has 1 heterocycles. The second-order valence-electron chi connectivity index (χ2n) is 10.8. The molecule has 194 valence electrons. The van der Waals surface area contributed by atoms with Gasteiger partial charge in [0.05, 0.1) is 45.4 Å². The zero-order valence-corrected chi connectivity index (χ0v) is 22.1. The standard InChI is InChI=1S/C26H30Cl2FN3O4/c1-15-18(12-30-32(15)17-4-6-26(3,7-5-17)24(35)36)23(34)31(14-25(2)8-9-25)13-21(33)22-19(27)10-16(29)11-20(22)28/h10-12,17H,4-9,13-14H2,1-3H3,(H,35,36). The van der Waals surface area contributed by atoms with E-state index in [1.54, 1.807) is 11.6 Å². The maximum Gasteiger partial charge on any atom is 0.309 e. The van der Waals surface area contributed by atoms with E-state index >= 15 is 0 Å². The van der Waals surface area contributed by atoms with Crippen molar-refractivity contribution in [2.75, 3.05) is 13.1 Å². The number of benzene rings is 1. The van der Waals surface area contributed by atoms with Gasteiger partial charge in [0, 0.05) is 12.2 Å². The zero-order chi connectivity index (χ0) is 26.4. The topological polar surface area (TPSA) is 92.5 Å². The molecule has 0 saturated heterocycles. The number of halogens is 3. The van der Waals surface area contributed by atoms with Gasteiger partial charge in [-0.15, -0.1) is 0 Å². The average Bonchev–Trinajstić information content (AvgIpc) is 3.39. The number of rotatable bonds is 8. The van der Waals surface area contributed by atoms with Crippen LogP contribution in [0, 0.1) is 23.6 Å². The first-order valence-electron chi connectivity index (χ1n) is 12.1. The molecule has 0 unspecified atom stereocenters. The Balaban J connectivity index is 1.56. The largest absolute Gasteiger partial charge is 0.481 e. The van der Waals surface area contributed by atoms with E-state index in [0.717, 1.165) is 25.0 Å². The van der Waals surface area contributed by atoms with Crippen LogP contribution < -0.4 is 0 Å². The molecule has 4 rings (SSSR count). The van der Waals surface area contributed by atoms with Crippen LogP contribution in [0.5, 0.6) is 0 Å². The molecule has 2 aliphatic rings. The van der Waals surface area contributed by atoms with Gasteiger partial charge in [0.25, 0.3) is 5.91 Å². The minimum atomic E-state index is -0.788. The van der Waals surface area contributed by atoms with Crippen LogP contribution in [0.25, 0.3) is 0 Å². The summed E-state index contributed by atoms with van der Waals surface area (Å²) in [5.74, 6) is -2.22. The zero-order valence-electron chi connectivity index (χ0n) is 20.6. The van der Waals surface area contributed by atoms with Crippen LogP contribution in [0.15, 0.2) is 18.3 Å². The van der Waals surface area contributed by atoms with Crippen molar-refractivity contribution in [1.29, 1.82) is 0 Å². The van der Waals surface area contributed by atoms with Crippen molar-refractivity contribution in [3.8, 4) is 0 Å². The van der Waals surface area contributed by atoms with E-state index in [4.69, 9.17) is 23.2 Å². The summed E-state index contributed by atoms with van der Waals surface area (Å²) in [7, 11) is 0. The van der Waals surface area contributed by atoms with Crippen LogP contribution in [-0.4, -0.2) is 50.5 Å². The normalized spacial score (nSPS) is 22.8. The van der Waals surface area contributed by atoms with Crippen LogP contribution in [0.1, 0.15) is 84.8 Å². The van der Waals surface area contributed by atoms with Crippen LogP contribution in [0.2, 0.25) is 10.0 Å². The first-order chi connectivity index (χ1) is 16.8. The molecule has 7 nitrogen and oxygen atoms in total. The number of carboxylic acid groups (broad SMARTS) is 1. The summed E-state index contributed by atoms with van der Waals surface area (Å²) in [6.07, 6.45) is 5.80. The lowest BCUT2D eigenvalue weighted by Gasteiger charge is -2.34. The Hall–Kier alpha value is -2.45. The molecule has 0 radical (unpaired) electrons. The van der Waals surface area contributed by atoms with Crippen molar-refractivity contribution in [3.63, 3.8) is 0 Å². The lowest BCUT2D eigenvalue weighted by molar-refractivity contribution is -0.150. The number of aliphatic carboxylic acids is 1. The smallest absolute Gasteiger partial charge is 0.309 e. The van der Waals surface area contributed by atoms with Crippen molar-refractivity contribution in [2.45, 2.75) is 65.3 Å². The molecule has 1 aromatic heterocycles. The quantitative estimate of drug-likeness (QED) is 0.418. The molecule has 2 fully saturated rings. The highest BCUT2D eigenvalue weighted by molar-refractivity contribution is 6.40. The number of hydrogen-bond acceptors (Lipinski definition) is 4. The summed E-state index contributed by atoms with van der Waals surface area (Å²) >= 11 is 12.2. The molecule has 2 aromatic rings. The van der Waals surface area contributed by atoms with Crippen molar-refractivity contribution in [1.82, 2.24) is 14.7 Å². The van der Waals surface area contributed by atoms with Gasteiger partial charge < -0.3 is 10.0 Å². The van der Waals surface area contributed by atoms with Gasteiger partial charge in [-0.05, 0) is 69.9 Å². The number of amides is 1. The third kappa shape index (κ3) is 5.30. The van der Waals surface area contributed by atoms with E-state index in [1.165, 1.54) is 11.1 Å². The predicted octanol–water partition coefficient (Wildman–Crippen LogP) is 5.97. The van der Waals surface area contributed by atoms with E-state index in [0.29, 0.717) is 43.5 Å². The van der Waals surface area contributed by atoms with Crippen LogP contribution in [-0.2, 0) is 4.79 Å². The molecule has 2 saturated carbocycles. The number of carboxylic acids is 1. The van der Waals surface area contributed by atoms with Gasteiger partial charge in [0.2, 0.25) is 0 Å². The first kappa shape index (κ1) is 26.6. The Morgan fingerprint density at radius 3 is 2.25 bits per heavy atom. The summed E-state index contributed by atoms with van der Waals surface area (Å²) in [5.41, 5.74) is 0.265. The van der Waals surface area contributed by atoms with Crippen molar-refractivity contribution in [3.05, 3.63) is 51.0 Å². The minimum absolute atomic E-state index is 0.00501. The maximum atomic E-state index is 13.7. The fourth-order valence-corrected chi connectivity index (χ4v) is 5.63. The molecule has 2 aliphatic carbocycles. The summed E-state index contributed by atoms with van der Waals surface area (Å²) < 4.78 is 15.4. The number of Topliss-reactive ketones (excluding diaryl/α,β-unsaturated/α-hetero) is 1. The van der Waals surface area contributed by atoms with E-state index in [2.05, 4.69) is 12.0 Å².